The lowest BCUT2D eigenvalue weighted by Crippen LogP contribution is -2.40. The van der Waals surface area contributed by atoms with Gasteiger partial charge in [-0.15, -0.1) is 0 Å². The highest BCUT2D eigenvalue weighted by molar-refractivity contribution is 5.03. The molecule has 16 heavy (non-hydrogen) atoms. The van der Waals surface area contributed by atoms with Gasteiger partial charge in [-0.3, -0.25) is 0 Å². The van der Waals surface area contributed by atoms with Crippen molar-refractivity contribution in [2.45, 2.75) is 46.6 Å². The van der Waals surface area contributed by atoms with Crippen LogP contribution in [0.15, 0.2) is 18.7 Å². The predicted molar refractivity (Wildman–Crippen MR) is 67.3 cm³/mol. The first-order valence-electron chi connectivity index (χ1n) is 6.01. The van der Waals surface area contributed by atoms with Crippen molar-refractivity contribution >= 4 is 0 Å². The minimum Gasteiger partial charge on any atom is -0.314 e. The van der Waals surface area contributed by atoms with Crippen molar-refractivity contribution in [1.82, 2.24) is 15.3 Å². The Kier molecular flexibility index (Phi) is 4.87. The summed E-state index contributed by atoms with van der Waals surface area (Å²) < 4.78 is 0. The van der Waals surface area contributed by atoms with Crippen molar-refractivity contribution in [3.05, 3.63) is 24.3 Å². The summed E-state index contributed by atoms with van der Waals surface area (Å²) >= 11 is 0. The highest BCUT2D eigenvalue weighted by atomic mass is 14.9. The third kappa shape index (κ3) is 4.27. The molecule has 1 N–H and O–H groups in total. The molecule has 0 aromatic carbocycles. The van der Waals surface area contributed by atoms with Crippen LogP contribution in [0.5, 0.6) is 0 Å². The smallest absolute Gasteiger partial charge is 0.115 e. The van der Waals surface area contributed by atoms with Crippen LogP contribution in [0.25, 0.3) is 0 Å². The highest BCUT2D eigenvalue weighted by Crippen LogP contribution is 2.22. The summed E-state index contributed by atoms with van der Waals surface area (Å²) in [6.45, 7) is 10.0. The van der Waals surface area contributed by atoms with Gasteiger partial charge in [0.2, 0.25) is 0 Å². The van der Waals surface area contributed by atoms with E-state index in [1.165, 1.54) is 5.56 Å². The van der Waals surface area contributed by atoms with Gasteiger partial charge in [0.1, 0.15) is 6.33 Å². The Balaban J connectivity index is 2.51. The summed E-state index contributed by atoms with van der Waals surface area (Å²) in [5.74, 6) is 0. The molecule has 0 aliphatic heterocycles. The molecular weight excluding hydrogens is 198 g/mol. The van der Waals surface area contributed by atoms with Crippen LogP contribution in [0.4, 0.5) is 0 Å². The van der Waals surface area contributed by atoms with Crippen molar-refractivity contribution in [2.24, 2.45) is 5.41 Å². The van der Waals surface area contributed by atoms with Gasteiger partial charge in [-0.1, -0.05) is 27.7 Å². The molecular formula is C13H23N3. The fraction of sp³-hybridized carbons (Fsp3) is 0.692. The fourth-order valence-corrected chi connectivity index (χ4v) is 1.86. The number of rotatable bonds is 5. The second kappa shape index (κ2) is 5.94. The second-order valence-electron chi connectivity index (χ2n) is 5.26. The molecule has 0 amide bonds. The van der Waals surface area contributed by atoms with Gasteiger partial charge in [0.25, 0.3) is 0 Å². The Morgan fingerprint density at radius 2 is 1.88 bits per heavy atom. The summed E-state index contributed by atoms with van der Waals surface area (Å²) in [6, 6.07) is 0.540. The van der Waals surface area contributed by atoms with Gasteiger partial charge in [-0.25, -0.2) is 9.97 Å². The van der Waals surface area contributed by atoms with Gasteiger partial charge in [0, 0.05) is 18.4 Å². The van der Waals surface area contributed by atoms with E-state index in [0.29, 0.717) is 11.5 Å². The standard InChI is InChI=1S/C13H23N3/c1-5-16-12(13(2,3)4)7-6-11-8-14-10-15-9-11/h8-10,12,16H,5-7H2,1-4H3. The van der Waals surface area contributed by atoms with Gasteiger partial charge in [-0.05, 0) is 30.4 Å². The summed E-state index contributed by atoms with van der Waals surface area (Å²) in [5, 5.41) is 3.55. The van der Waals surface area contributed by atoms with Crippen molar-refractivity contribution in [1.29, 1.82) is 0 Å². The Morgan fingerprint density at radius 3 is 2.38 bits per heavy atom. The van der Waals surface area contributed by atoms with Crippen LogP contribution in [0.1, 0.15) is 39.7 Å². The van der Waals surface area contributed by atoms with E-state index in [4.69, 9.17) is 0 Å². The number of aryl methyl sites for hydroxylation is 1. The van der Waals surface area contributed by atoms with Crippen LogP contribution in [-0.4, -0.2) is 22.6 Å². The van der Waals surface area contributed by atoms with Gasteiger partial charge < -0.3 is 5.32 Å². The number of hydrogen-bond acceptors (Lipinski definition) is 3. The molecule has 3 heteroatoms. The van der Waals surface area contributed by atoms with E-state index in [2.05, 4.69) is 43.0 Å². The zero-order valence-corrected chi connectivity index (χ0v) is 10.8. The quantitative estimate of drug-likeness (QED) is 0.830. The van der Waals surface area contributed by atoms with Crippen LogP contribution >= 0.6 is 0 Å². The second-order valence-corrected chi connectivity index (χ2v) is 5.26. The number of aromatic nitrogens is 2. The molecule has 0 aliphatic carbocycles. The average molecular weight is 221 g/mol. The third-order valence-electron chi connectivity index (χ3n) is 2.83. The molecule has 1 aromatic heterocycles. The third-order valence-corrected chi connectivity index (χ3v) is 2.83. The molecule has 3 nitrogen and oxygen atoms in total. The lowest BCUT2D eigenvalue weighted by Gasteiger charge is -2.31. The van der Waals surface area contributed by atoms with E-state index in [0.717, 1.165) is 19.4 Å². The largest absolute Gasteiger partial charge is 0.314 e. The number of hydrogen-bond donors (Lipinski definition) is 1. The van der Waals surface area contributed by atoms with E-state index in [-0.39, 0.29) is 0 Å². The minimum absolute atomic E-state index is 0.297. The Hall–Kier alpha value is -0.960. The van der Waals surface area contributed by atoms with E-state index < -0.39 is 0 Å². The number of nitrogens with one attached hydrogen (secondary N) is 1. The average Bonchev–Trinajstić information content (AvgIpc) is 2.24. The Bertz CT molecular complexity index is 290. The van der Waals surface area contributed by atoms with Crippen molar-refractivity contribution in [3.63, 3.8) is 0 Å². The van der Waals surface area contributed by atoms with Crippen LogP contribution in [0.2, 0.25) is 0 Å². The molecule has 0 aliphatic rings. The molecule has 1 heterocycles. The molecule has 0 saturated heterocycles. The molecule has 90 valence electrons. The Labute approximate surface area is 98.7 Å². The molecule has 1 unspecified atom stereocenters. The maximum atomic E-state index is 4.04. The molecule has 0 fully saturated rings. The fourth-order valence-electron chi connectivity index (χ4n) is 1.86. The van der Waals surface area contributed by atoms with Crippen molar-refractivity contribution in [3.8, 4) is 0 Å². The molecule has 1 aromatic rings. The summed E-state index contributed by atoms with van der Waals surface area (Å²) in [4.78, 5) is 8.08. The Morgan fingerprint density at radius 1 is 1.25 bits per heavy atom. The first-order valence-corrected chi connectivity index (χ1v) is 6.01. The van der Waals surface area contributed by atoms with Crippen LogP contribution in [0.3, 0.4) is 0 Å². The summed E-state index contributed by atoms with van der Waals surface area (Å²) in [5.41, 5.74) is 1.51. The monoisotopic (exact) mass is 221 g/mol. The first kappa shape index (κ1) is 13.1. The molecule has 0 bridgehead atoms. The maximum Gasteiger partial charge on any atom is 0.115 e. The number of nitrogens with zero attached hydrogens (tertiary/aromatic N) is 2. The SMILES string of the molecule is CCNC(CCc1cncnc1)C(C)(C)C. The van der Waals surface area contributed by atoms with Gasteiger partial charge in [0.15, 0.2) is 0 Å². The lowest BCUT2D eigenvalue weighted by atomic mass is 9.83. The van der Waals surface area contributed by atoms with Crippen LogP contribution in [-0.2, 0) is 6.42 Å². The van der Waals surface area contributed by atoms with Crippen molar-refractivity contribution < 1.29 is 0 Å². The van der Waals surface area contributed by atoms with E-state index >= 15 is 0 Å². The van der Waals surface area contributed by atoms with Crippen molar-refractivity contribution in [2.75, 3.05) is 6.54 Å². The van der Waals surface area contributed by atoms with Gasteiger partial charge in [0.05, 0.1) is 0 Å². The summed E-state index contributed by atoms with van der Waals surface area (Å²) in [7, 11) is 0. The van der Waals surface area contributed by atoms with E-state index in [9.17, 15) is 0 Å². The highest BCUT2D eigenvalue weighted by Gasteiger charge is 2.23. The minimum atomic E-state index is 0.297. The maximum absolute atomic E-state index is 4.04. The molecule has 0 saturated carbocycles. The topological polar surface area (TPSA) is 37.8 Å². The lowest BCUT2D eigenvalue weighted by molar-refractivity contribution is 0.258. The zero-order chi connectivity index (χ0) is 12.0. The first-order chi connectivity index (χ1) is 7.54. The van der Waals surface area contributed by atoms with Gasteiger partial charge >= 0.3 is 0 Å². The predicted octanol–water partition coefficient (Wildman–Crippen LogP) is 2.43. The van der Waals surface area contributed by atoms with E-state index in [1.54, 1.807) is 6.33 Å². The molecule has 0 radical (unpaired) electrons. The van der Waals surface area contributed by atoms with Crippen LogP contribution in [0, 0.1) is 5.41 Å². The zero-order valence-electron chi connectivity index (χ0n) is 10.8. The van der Waals surface area contributed by atoms with Crippen LogP contribution < -0.4 is 5.32 Å². The summed E-state index contributed by atoms with van der Waals surface area (Å²) in [6.07, 6.45) is 7.55. The molecule has 1 rings (SSSR count). The van der Waals surface area contributed by atoms with E-state index in [1.807, 2.05) is 12.4 Å². The molecule has 0 spiro atoms. The normalized spacial score (nSPS) is 13.8. The molecule has 1 atom stereocenters. The van der Waals surface area contributed by atoms with Gasteiger partial charge in [-0.2, -0.15) is 0 Å².